The number of aliphatic hydroxyl groups excluding tert-OH is 1. The number of nitrogens with one attached hydrogen (secondary N) is 2. The van der Waals surface area contributed by atoms with Gasteiger partial charge in [0, 0.05) is 0 Å². The van der Waals surface area contributed by atoms with Gasteiger partial charge in [-0.1, -0.05) is 74.5 Å². The van der Waals surface area contributed by atoms with Gasteiger partial charge in [0.1, 0.15) is 25.3 Å². The van der Waals surface area contributed by atoms with Crippen molar-refractivity contribution in [3.05, 3.63) is 71.8 Å². The summed E-state index contributed by atoms with van der Waals surface area (Å²) in [7, 11) is 0. The van der Waals surface area contributed by atoms with Crippen molar-refractivity contribution in [1.29, 1.82) is 0 Å². The topological polar surface area (TPSA) is 114 Å². The maximum atomic E-state index is 12.7. The molecule has 0 bridgehead atoms. The Hall–Kier alpha value is -3.39. The number of carbonyl (C=O) groups is 3. The van der Waals surface area contributed by atoms with Gasteiger partial charge < -0.3 is 25.2 Å². The molecule has 2 amide bonds. The van der Waals surface area contributed by atoms with Crippen LogP contribution >= 0.6 is 0 Å². The third-order valence-corrected chi connectivity index (χ3v) is 4.69. The molecule has 8 heteroatoms. The molecule has 0 aliphatic rings. The molecule has 0 spiro atoms. The predicted molar refractivity (Wildman–Crippen MR) is 118 cm³/mol. The van der Waals surface area contributed by atoms with E-state index in [9.17, 15) is 19.5 Å². The average Bonchev–Trinajstić information content (AvgIpc) is 2.78. The van der Waals surface area contributed by atoms with Crippen molar-refractivity contribution in [2.24, 2.45) is 5.92 Å². The second-order valence-electron chi connectivity index (χ2n) is 7.75. The number of ether oxygens (including phenoxy) is 2. The highest BCUT2D eigenvalue weighted by molar-refractivity contribution is 5.90. The number of amides is 2. The molecule has 0 aliphatic carbocycles. The summed E-state index contributed by atoms with van der Waals surface area (Å²) in [6, 6.07) is 16.0. The first-order valence-corrected chi connectivity index (χ1v) is 10.4. The molecule has 2 aromatic carbocycles. The second kappa shape index (κ2) is 12.5. The zero-order chi connectivity index (χ0) is 23.5. The van der Waals surface area contributed by atoms with E-state index in [1.165, 1.54) is 6.92 Å². The van der Waals surface area contributed by atoms with Crippen molar-refractivity contribution in [2.75, 3.05) is 0 Å². The second-order valence-corrected chi connectivity index (χ2v) is 7.75. The molecule has 0 saturated carbocycles. The number of esters is 1. The first kappa shape index (κ1) is 24.9. The number of rotatable bonds is 10. The molecule has 0 saturated heterocycles. The molecule has 0 unspecified atom stereocenters. The minimum Gasteiger partial charge on any atom is -0.459 e. The van der Waals surface area contributed by atoms with Crippen molar-refractivity contribution in [3.8, 4) is 0 Å². The Morgan fingerprint density at radius 2 is 1.28 bits per heavy atom. The smallest absolute Gasteiger partial charge is 0.408 e. The van der Waals surface area contributed by atoms with Gasteiger partial charge in [0.15, 0.2) is 0 Å². The van der Waals surface area contributed by atoms with Gasteiger partial charge in [-0.3, -0.25) is 4.79 Å². The van der Waals surface area contributed by atoms with Gasteiger partial charge in [0.2, 0.25) is 5.91 Å². The maximum absolute atomic E-state index is 12.7. The lowest BCUT2D eigenvalue weighted by Gasteiger charge is -2.25. The molecule has 0 fully saturated rings. The summed E-state index contributed by atoms with van der Waals surface area (Å²) < 4.78 is 10.4. The van der Waals surface area contributed by atoms with E-state index in [1.54, 1.807) is 26.0 Å². The predicted octanol–water partition coefficient (Wildman–Crippen LogP) is 2.55. The number of alkyl carbamates (subject to hydrolysis) is 1. The lowest BCUT2D eigenvalue weighted by molar-refractivity contribution is -0.151. The fraction of sp³-hybridized carbons (Fsp3) is 0.375. The molecule has 32 heavy (non-hydrogen) atoms. The van der Waals surface area contributed by atoms with Gasteiger partial charge in [-0.2, -0.15) is 0 Å². The Balaban J connectivity index is 1.94. The summed E-state index contributed by atoms with van der Waals surface area (Å²) in [6.45, 7) is 4.96. The van der Waals surface area contributed by atoms with Gasteiger partial charge >= 0.3 is 12.1 Å². The van der Waals surface area contributed by atoms with E-state index in [0.29, 0.717) is 0 Å². The van der Waals surface area contributed by atoms with Gasteiger partial charge in [-0.05, 0) is 24.0 Å². The van der Waals surface area contributed by atoms with Crippen molar-refractivity contribution in [3.63, 3.8) is 0 Å². The lowest BCUT2D eigenvalue weighted by Crippen LogP contribution is -2.57. The molecule has 3 N–H and O–H groups in total. The monoisotopic (exact) mass is 442 g/mol. The normalized spacial score (nSPS) is 13.5. The summed E-state index contributed by atoms with van der Waals surface area (Å²) in [4.78, 5) is 37.4. The van der Waals surface area contributed by atoms with Crippen molar-refractivity contribution in [1.82, 2.24) is 10.6 Å². The fourth-order valence-electron chi connectivity index (χ4n) is 2.86. The molecular formula is C24H30N2O6. The van der Waals surface area contributed by atoms with Gasteiger partial charge in [-0.25, -0.2) is 9.59 Å². The number of benzene rings is 2. The minimum atomic E-state index is -1.30. The molecule has 3 atom stereocenters. The van der Waals surface area contributed by atoms with E-state index < -0.39 is 36.2 Å². The highest BCUT2D eigenvalue weighted by Crippen LogP contribution is 2.09. The van der Waals surface area contributed by atoms with E-state index in [0.717, 1.165) is 11.1 Å². The van der Waals surface area contributed by atoms with Crippen molar-refractivity contribution in [2.45, 2.75) is 52.2 Å². The molecular weight excluding hydrogens is 412 g/mol. The number of carbonyl (C=O) groups excluding carboxylic acids is 3. The lowest BCUT2D eigenvalue weighted by atomic mass is 10.0. The average molecular weight is 443 g/mol. The van der Waals surface area contributed by atoms with Crippen LogP contribution in [0.2, 0.25) is 0 Å². The first-order chi connectivity index (χ1) is 15.3. The van der Waals surface area contributed by atoms with Gasteiger partial charge in [-0.15, -0.1) is 0 Å². The van der Waals surface area contributed by atoms with E-state index >= 15 is 0 Å². The third kappa shape index (κ3) is 8.03. The maximum Gasteiger partial charge on any atom is 0.408 e. The molecule has 2 aromatic rings. The summed E-state index contributed by atoms with van der Waals surface area (Å²) in [5.74, 6) is -1.60. The van der Waals surface area contributed by atoms with Crippen LogP contribution in [0.15, 0.2) is 60.7 Å². The third-order valence-electron chi connectivity index (χ3n) is 4.69. The van der Waals surface area contributed by atoms with E-state index in [2.05, 4.69) is 10.6 Å². The van der Waals surface area contributed by atoms with Crippen LogP contribution in [0.3, 0.4) is 0 Å². The SMILES string of the molecule is CC(C)[C@H](NC(=O)[C@@H](NC(=O)OCc1ccccc1)[C@@H](C)O)C(=O)OCc1ccccc1. The van der Waals surface area contributed by atoms with Crippen LogP contribution in [0.25, 0.3) is 0 Å². The van der Waals surface area contributed by atoms with Gasteiger partial charge in [0.25, 0.3) is 0 Å². The summed E-state index contributed by atoms with van der Waals surface area (Å²) in [6.07, 6.45) is -2.07. The minimum absolute atomic E-state index is 0.0151. The molecule has 0 radical (unpaired) electrons. The van der Waals surface area contributed by atoms with Crippen molar-refractivity contribution >= 4 is 18.0 Å². The largest absolute Gasteiger partial charge is 0.459 e. The molecule has 0 aromatic heterocycles. The van der Waals surface area contributed by atoms with Crippen LogP contribution in [-0.2, 0) is 32.3 Å². The summed E-state index contributed by atoms with van der Waals surface area (Å²) in [5.41, 5.74) is 1.60. The Bertz CT molecular complexity index is 871. The standard InChI is InChI=1S/C24H30N2O6/c1-16(2)20(23(29)31-14-18-10-6-4-7-11-18)25-22(28)21(17(3)27)26-24(30)32-15-19-12-8-5-9-13-19/h4-13,16-17,20-21,27H,14-15H2,1-3H3,(H,25,28)(H,26,30)/t17-,20+,21+/m1/s1. The number of aliphatic hydroxyl groups is 1. The molecule has 0 aliphatic heterocycles. The molecule has 8 nitrogen and oxygen atoms in total. The zero-order valence-electron chi connectivity index (χ0n) is 18.5. The zero-order valence-corrected chi connectivity index (χ0v) is 18.5. The van der Waals surface area contributed by atoms with Crippen LogP contribution in [-0.4, -0.2) is 41.3 Å². The number of hydrogen-bond acceptors (Lipinski definition) is 6. The Morgan fingerprint density at radius 3 is 1.75 bits per heavy atom. The van der Waals surface area contributed by atoms with Crippen LogP contribution in [0.5, 0.6) is 0 Å². The fourth-order valence-corrected chi connectivity index (χ4v) is 2.86. The summed E-state index contributed by atoms with van der Waals surface area (Å²) >= 11 is 0. The van der Waals surface area contributed by atoms with E-state index in [-0.39, 0.29) is 19.1 Å². The Labute approximate surface area is 187 Å². The molecule has 2 rings (SSSR count). The van der Waals surface area contributed by atoms with Crippen LogP contribution in [0.1, 0.15) is 31.9 Å². The Morgan fingerprint density at radius 1 is 0.781 bits per heavy atom. The van der Waals surface area contributed by atoms with Gasteiger partial charge in [0.05, 0.1) is 6.10 Å². The first-order valence-electron chi connectivity index (χ1n) is 10.4. The molecule has 172 valence electrons. The Kier molecular flexibility index (Phi) is 9.69. The van der Waals surface area contributed by atoms with Crippen LogP contribution in [0.4, 0.5) is 4.79 Å². The highest BCUT2D eigenvalue weighted by atomic mass is 16.5. The molecule has 0 heterocycles. The van der Waals surface area contributed by atoms with Crippen molar-refractivity contribution < 1.29 is 29.0 Å². The van der Waals surface area contributed by atoms with Crippen LogP contribution in [0, 0.1) is 5.92 Å². The highest BCUT2D eigenvalue weighted by Gasteiger charge is 2.32. The quantitative estimate of drug-likeness (QED) is 0.487. The van der Waals surface area contributed by atoms with Crippen LogP contribution < -0.4 is 10.6 Å². The van der Waals surface area contributed by atoms with E-state index in [1.807, 2.05) is 48.5 Å². The summed E-state index contributed by atoms with van der Waals surface area (Å²) in [5, 5.41) is 14.9. The van der Waals surface area contributed by atoms with E-state index in [4.69, 9.17) is 9.47 Å². The number of hydrogen-bond donors (Lipinski definition) is 3.